The maximum absolute atomic E-state index is 12.5. The Morgan fingerprint density at radius 3 is 2.95 bits per heavy atom. The number of rotatable bonds is 1. The zero-order valence-corrected chi connectivity index (χ0v) is 11.7. The van der Waals surface area contributed by atoms with Crippen LogP contribution in [0.2, 0.25) is 0 Å². The number of hydrogen-bond acceptors (Lipinski definition) is 4. The highest BCUT2D eigenvalue weighted by atomic mass is 16.5. The van der Waals surface area contributed by atoms with Gasteiger partial charge in [-0.05, 0) is 25.0 Å². The summed E-state index contributed by atoms with van der Waals surface area (Å²) in [5.74, 6) is 0.517. The number of hydrogen-bond donors (Lipinski definition) is 0. The Hall–Kier alpha value is -1.62. The molecule has 20 heavy (non-hydrogen) atoms. The van der Waals surface area contributed by atoms with Crippen LogP contribution in [0.5, 0.6) is 5.88 Å². The molecule has 3 aliphatic rings. The number of carbonyl (C=O) groups is 1. The minimum Gasteiger partial charge on any atom is -0.470 e. The summed E-state index contributed by atoms with van der Waals surface area (Å²) in [5.41, 5.74) is 0.583. The standard InChI is InChI=1S/C15H19N3O2/c1-17-12-8-18(10-4-2-5-10)9-13(12)20-14-11(15(17)19)6-3-7-16-14/h3,6-7,10,12-13H,2,4-5,8-9H2,1H3. The lowest BCUT2D eigenvalue weighted by Gasteiger charge is -2.35. The van der Waals surface area contributed by atoms with E-state index in [2.05, 4.69) is 9.88 Å². The number of aromatic nitrogens is 1. The zero-order valence-electron chi connectivity index (χ0n) is 11.7. The summed E-state index contributed by atoms with van der Waals surface area (Å²) < 4.78 is 6.06. The molecule has 2 atom stereocenters. The van der Waals surface area contributed by atoms with Gasteiger partial charge in [0, 0.05) is 32.4 Å². The van der Waals surface area contributed by atoms with E-state index in [-0.39, 0.29) is 18.1 Å². The van der Waals surface area contributed by atoms with Crippen molar-refractivity contribution in [1.29, 1.82) is 0 Å². The first-order valence-corrected chi connectivity index (χ1v) is 7.37. The Labute approximate surface area is 118 Å². The second-order valence-corrected chi connectivity index (χ2v) is 6.03. The van der Waals surface area contributed by atoms with Gasteiger partial charge in [0.05, 0.1) is 6.04 Å². The Kier molecular flexibility index (Phi) is 2.70. The summed E-state index contributed by atoms with van der Waals surface area (Å²) >= 11 is 0. The van der Waals surface area contributed by atoms with Gasteiger partial charge >= 0.3 is 0 Å². The lowest BCUT2D eigenvalue weighted by atomic mass is 9.92. The van der Waals surface area contributed by atoms with Crippen LogP contribution in [0.1, 0.15) is 29.6 Å². The van der Waals surface area contributed by atoms with E-state index in [0.717, 1.165) is 13.1 Å². The smallest absolute Gasteiger partial charge is 0.259 e. The van der Waals surface area contributed by atoms with Gasteiger partial charge in [-0.15, -0.1) is 0 Å². The first kappa shape index (κ1) is 12.1. The van der Waals surface area contributed by atoms with Crippen molar-refractivity contribution in [2.24, 2.45) is 0 Å². The third-order valence-corrected chi connectivity index (χ3v) is 4.94. The van der Waals surface area contributed by atoms with Crippen molar-refractivity contribution in [1.82, 2.24) is 14.8 Å². The molecule has 0 N–H and O–H groups in total. The van der Waals surface area contributed by atoms with Crippen LogP contribution < -0.4 is 4.74 Å². The van der Waals surface area contributed by atoms with Crippen molar-refractivity contribution in [2.45, 2.75) is 37.5 Å². The predicted octanol–water partition coefficient (Wildman–Crippen LogP) is 1.15. The van der Waals surface area contributed by atoms with Crippen LogP contribution in [0, 0.1) is 0 Å². The Bertz CT molecular complexity index is 544. The molecule has 1 aromatic rings. The lowest BCUT2D eigenvalue weighted by molar-refractivity contribution is 0.0677. The SMILES string of the molecule is CN1C(=O)c2cccnc2OC2CN(C3CCC3)CC21. The van der Waals surface area contributed by atoms with Crippen molar-refractivity contribution in [2.75, 3.05) is 20.1 Å². The largest absolute Gasteiger partial charge is 0.470 e. The van der Waals surface area contributed by atoms with E-state index in [9.17, 15) is 4.79 Å². The molecule has 1 aromatic heterocycles. The van der Waals surface area contributed by atoms with Gasteiger partial charge in [0.1, 0.15) is 11.7 Å². The molecule has 4 rings (SSSR count). The van der Waals surface area contributed by atoms with Gasteiger partial charge < -0.3 is 9.64 Å². The predicted molar refractivity (Wildman–Crippen MR) is 73.7 cm³/mol. The highest BCUT2D eigenvalue weighted by molar-refractivity contribution is 5.96. The summed E-state index contributed by atoms with van der Waals surface area (Å²) in [6.07, 6.45) is 5.63. The number of nitrogens with zero attached hydrogens (tertiary/aromatic N) is 3. The topological polar surface area (TPSA) is 45.7 Å². The van der Waals surface area contributed by atoms with Crippen LogP contribution in [0.25, 0.3) is 0 Å². The highest BCUT2D eigenvalue weighted by Gasteiger charge is 2.45. The van der Waals surface area contributed by atoms with Crippen molar-refractivity contribution < 1.29 is 9.53 Å². The molecule has 3 heterocycles. The number of fused-ring (bicyclic) bond motifs is 2. The van der Waals surface area contributed by atoms with Gasteiger partial charge in [-0.3, -0.25) is 9.69 Å². The number of amides is 1. The minimum absolute atomic E-state index is 0.0241. The summed E-state index contributed by atoms with van der Waals surface area (Å²) in [6, 6.07) is 4.41. The van der Waals surface area contributed by atoms with Crippen molar-refractivity contribution in [3.63, 3.8) is 0 Å². The molecule has 0 bridgehead atoms. The van der Waals surface area contributed by atoms with Crippen LogP contribution in [0.4, 0.5) is 0 Å². The molecule has 2 unspecified atom stereocenters. The lowest BCUT2D eigenvalue weighted by Crippen LogP contribution is -2.44. The zero-order chi connectivity index (χ0) is 13.7. The molecule has 1 aliphatic carbocycles. The maximum atomic E-state index is 12.5. The maximum Gasteiger partial charge on any atom is 0.259 e. The Morgan fingerprint density at radius 1 is 1.35 bits per heavy atom. The van der Waals surface area contributed by atoms with E-state index >= 15 is 0 Å². The molecule has 5 heteroatoms. The van der Waals surface area contributed by atoms with Crippen LogP contribution in [0.3, 0.4) is 0 Å². The fourth-order valence-corrected chi connectivity index (χ4v) is 3.45. The van der Waals surface area contributed by atoms with Gasteiger partial charge in [-0.1, -0.05) is 6.42 Å². The molecule has 106 valence electrons. The Balaban J connectivity index is 1.64. The van der Waals surface area contributed by atoms with Crippen molar-refractivity contribution in [3.8, 4) is 5.88 Å². The molecular formula is C15H19N3O2. The van der Waals surface area contributed by atoms with Crippen LogP contribution in [0.15, 0.2) is 18.3 Å². The number of carbonyl (C=O) groups excluding carboxylic acids is 1. The van der Waals surface area contributed by atoms with Gasteiger partial charge in [-0.25, -0.2) is 4.98 Å². The third-order valence-electron chi connectivity index (χ3n) is 4.94. The second kappa shape index (κ2) is 4.45. The molecule has 1 saturated heterocycles. The van der Waals surface area contributed by atoms with E-state index in [1.807, 2.05) is 11.9 Å². The average Bonchev–Trinajstić information content (AvgIpc) is 2.75. The quantitative estimate of drug-likeness (QED) is 0.770. The number of ether oxygens (including phenoxy) is 1. The molecule has 1 amide bonds. The summed E-state index contributed by atoms with van der Waals surface area (Å²) in [5, 5.41) is 0. The van der Waals surface area contributed by atoms with E-state index in [4.69, 9.17) is 4.74 Å². The van der Waals surface area contributed by atoms with Gasteiger partial charge in [0.2, 0.25) is 5.88 Å². The normalized spacial score (nSPS) is 30.2. The van der Waals surface area contributed by atoms with Crippen molar-refractivity contribution >= 4 is 5.91 Å². The molecule has 0 aromatic carbocycles. The van der Waals surface area contributed by atoms with Gasteiger partial charge in [-0.2, -0.15) is 0 Å². The van der Waals surface area contributed by atoms with E-state index in [0.29, 0.717) is 17.5 Å². The first-order valence-electron chi connectivity index (χ1n) is 7.37. The monoisotopic (exact) mass is 273 g/mol. The molecule has 0 radical (unpaired) electrons. The molecule has 0 spiro atoms. The molecular weight excluding hydrogens is 254 g/mol. The van der Waals surface area contributed by atoms with E-state index in [1.54, 1.807) is 18.3 Å². The highest BCUT2D eigenvalue weighted by Crippen LogP contribution is 2.33. The molecule has 5 nitrogen and oxygen atoms in total. The summed E-state index contributed by atoms with van der Waals surface area (Å²) in [6.45, 7) is 1.83. The number of likely N-dealkylation sites (tertiary alicyclic amines) is 1. The van der Waals surface area contributed by atoms with Crippen molar-refractivity contribution in [3.05, 3.63) is 23.9 Å². The van der Waals surface area contributed by atoms with E-state index < -0.39 is 0 Å². The number of pyridine rings is 1. The third kappa shape index (κ3) is 1.73. The fourth-order valence-electron chi connectivity index (χ4n) is 3.45. The van der Waals surface area contributed by atoms with E-state index in [1.165, 1.54) is 19.3 Å². The second-order valence-electron chi connectivity index (χ2n) is 6.03. The molecule has 2 aliphatic heterocycles. The Morgan fingerprint density at radius 2 is 2.20 bits per heavy atom. The first-order chi connectivity index (χ1) is 9.74. The molecule has 2 fully saturated rings. The van der Waals surface area contributed by atoms with Crippen LogP contribution in [-0.4, -0.2) is 59.0 Å². The van der Waals surface area contributed by atoms with Crippen LogP contribution in [-0.2, 0) is 0 Å². The van der Waals surface area contributed by atoms with Crippen LogP contribution >= 0.6 is 0 Å². The minimum atomic E-state index is 0.0241. The summed E-state index contributed by atoms with van der Waals surface area (Å²) in [4.78, 5) is 21.1. The van der Waals surface area contributed by atoms with Gasteiger partial charge in [0.15, 0.2) is 0 Å². The number of likely N-dealkylation sites (N-methyl/N-ethyl adjacent to an activating group) is 1. The fraction of sp³-hybridized carbons (Fsp3) is 0.600. The molecule has 1 saturated carbocycles. The van der Waals surface area contributed by atoms with Gasteiger partial charge in [0.25, 0.3) is 5.91 Å². The average molecular weight is 273 g/mol. The summed E-state index contributed by atoms with van der Waals surface area (Å²) in [7, 11) is 1.88.